The van der Waals surface area contributed by atoms with Crippen LogP contribution < -0.4 is 4.74 Å². The minimum atomic E-state index is -0.764. The minimum Gasteiger partial charge on any atom is -0.490 e. The zero-order valence-corrected chi connectivity index (χ0v) is 15.4. The average molecular weight is 395 g/mol. The summed E-state index contributed by atoms with van der Waals surface area (Å²) in [5.41, 5.74) is 0.397. The van der Waals surface area contributed by atoms with Gasteiger partial charge in [0.25, 0.3) is 0 Å². The van der Waals surface area contributed by atoms with Crippen LogP contribution in [-0.4, -0.2) is 29.5 Å². The molecule has 0 saturated heterocycles. The van der Waals surface area contributed by atoms with Gasteiger partial charge >= 0.3 is 0 Å². The Kier molecular flexibility index (Phi) is 4.87. The smallest absolute Gasteiger partial charge is 0.165 e. The second kappa shape index (κ2) is 7.04. The molecular formula is C21H21ClF2O3. The molecule has 2 aliphatic rings. The molecule has 1 saturated carbocycles. The fraction of sp³-hybridized carbons (Fsp3) is 0.429. The van der Waals surface area contributed by atoms with Gasteiger partial charge in [-0.1, -0.05) is 23.7 Å². The summed E-state index contributed by atoms with van der Waals surface area (Å²) in [5, 5.41) is 20.9. The van der Waals surface area contributed by atoms with Crippen LogP contribution in [-0.2, 0) is 11.8 Å². The van der Waals surface area contributed by atoms with Crippen LogP contribution in [0, 0.1) is 23.5 Å². The van der Waals surface area contributed by atoms with Crippen molar-refractivity contribution in [3.05, 3.63) is 64.2 Å². The van der Waals surface area contributed by atoms with Crippen molar-refractivity contribution in [2.75, 3.05) is 13.2 Å². The molecule has 2 N–H and O–H groups in total. The maximum absolute atomic E-state index is 15.0. The molecule has 0 spiro atoms. The summed E-state index contributed by atoms with van der Waals surface area (Å²) in [6, 6.07) is 9.49. The highest BCUT2D eigenvalue weighted by atomic mass is 35.5. The molecule has 144 valence electrons. The second-order valence-corrected chi connectivity index (χ2v) is 8.00. The van der Waals surface area contributed by atoms with E-state index in [-0.39, 0.29) is 30.4 Å². The lowest BCUT2D eigenvalue weighted by molar-refractivity contribution is -0.0660. The molecule has 1 aliphatic heterocycles. The van der Waals surface area contributed by atoms with Gasteiger partial charge in [0.15, 0.2) is 11.6 Å². The number of benzene rings is 2. The van der Waals surface area contributed by atoms with E-state index in [0.717, 1.165) is 17.7 Å². The fourth-order valence-electron chi connectivity index (χ4n) is 4.91. The van der Waals surface area contributed by atoms with Crippen LogP contribution in [0.5, 0.6) is 5.75 Å². The summed E-state index contributed by atoms with van der Waals surface area (Å²) in [6.07, 6.45) is 0.647. The molecule has 0 amide bonds. The molecular weight excluding hydrogens is 374 g/mol. The van der Waals surface area contributed by atoms with E-state index >= 15 is 0 Å². The van der Waals surface area contributed by atoms with Crippen molar-refractivity contribution in [2.45, 2.75) is 30.8 Å². The van der Waals surface area contributed by atoms with Crippen molar-refractivity contribution in [2.24, 2.45) is 11.8 Å². The van der Waals surface area contributed by atoms with Crippen LogP contribution in [0.2, 0.25) is 5.02 Å². The molecule has 4 rings (SSSR count). The third-order valence-corrected chi connectivity index (χ3v) is 6.47. The van der Waals surface area contributed by atoms with Crippen molar-refractivity contribution in [3.63, 3.8) is 0 Å². The number of ether oxygens (including phenoxy) is 1. The summed E-state index contributed by atoms with van der Waals surface area (Å²) in [7, 11) is 0. The standard InChI is InChI=1S/C21H21ClF2O3/c22-13-3-1-12(2-4-13)9-21-8-7-18(26)14(10-25)15(21)11-27-20-17(24)6-5-16(23)19(20)21/h1-6,14-15,18,25-26H,7-11H2/t14-,15-,18-,21-/m0/s1. The summed E-state index contributed by atoms with van der Waals surface area (Å²) in [4.78, 5) is 0. The Morgan fingerprint density at radius 1 is 1.11 bits per heavy atom. The summed E-state index contributed by atoms with van der Waals surface area (Å²) in [6.45, 7) is -0.104. The number of hydrogen-bond donors (Lipinski definition) is 2. The minimum absolute atomic E-state index is 0.0479. The molecule has 6 heteroatoms. The van der Waals surface area contributed by atoms with Crippen LogP contribution in [0.1, 0.15) is 24.0 Å². The third kappa shape index (κ3) is 3.02. The van der Waals surface area contributed by atoms with Crippen LogP contribution in [0.3, 0.4) is 0 Å². The Morgan fingerprint density at radius 3 is 2.52 bits per heavy atom. The van der Waals surface area contributed by atoms with Gasteiger partial charge in [0, 0.05) is 34.4 Å². The third-order valence-electron chi connectivity index (χ3n) is 6.21. The second-order valence-electron chi connectivity index (χ2n) is 7.56. The van der Waals surface area contributed by atoms with Crippen LogP contribution in [0.15, 0.2) is 36.4 Å². The van der Waals surface area contributed by atoms with E-state index in [1.54, 1.807) is 12.1 Å². The normalized spacial score (nSPS) is 29.6. The number of hydrogen-bond acceptors (Lipinski definition) is 3. The monoisotopic (exact) mass is 394 g/mol. The first-order chi connectivity index (χ1) is 13.0. The largest absolute Gasteiger partial charge is 0.490 e. The number of aliphatic hydroxyl groups excluding tert-OH is 2. The maximum atomic E-state index is 15.0. The van der Waals surface area contributed by atoms with Gasteiger partial charge in [-0.15, -0.1) is 0 Å². The Morgan fingerprint density at radius 2 is 1.81 bits per heavy atom. The molecule has 0 aromatic heterocycles. The number of aliphatic hydroxyl groups is 2. The first-order valence-corrected chi connectivity index (χ1v) is 9.48. The summed E-state index contributed by atoms with van der Waals surface area (Å²) < 4.78 is 35.0. The molecule has 0 bridgehead atoms. The summed E-state index contributed by atoms with van der Waals surface area (Å²) >= 11 is 5.99. The van der Waals surface area contributed by atoms with E-state index in [1.807, 2.05) is 12.1 Å². The predicted molar refractivity (Wildman–Crippen MR) is 98.0 cm³/mol. The lowest BCUT2D eigenvalue weighted by atomic mass is 9.55. The molecule has 3 nitrogen and oxygen atoms in total. The van der Waals surface area contributed by atoms with Gasteiger partial charge in [-0.25, -0.2) is 8.78 Å². The first kappa shape index (κ1) is 18.7. The predicted octanol–water partition coefficient (Wildman–Crippen LogP) is 3.87. The highest BCUT2D eigenvalue weighted by Crippen LogP contribution is 2.55. The SMILES string of the molecule is OC[C@@H]1[C@@H](O)CC[C@@]2(Cc3ccc(Cl)cc3)c3c(F)ccc(F)c3OC[C@@H]12. The number of rotatable bonds is 3. The zero-order valence-electron chi connectivity index (χ0n) is 14.7. The van der Waals surface area contributed by atoms with Gasteiger partial charge in [-0.2, -0.15) is 0 Å². The van der Waals surface area contributed by atoms with E-state index in [4.69, 9.17) is 16.3 Å². The number of halogens is 3. The van der Waals surface area contributed by atoms with Crippen molar-refractivity contribution in [3.8, 4) is 5.75 Å². The highest BCUT2D eigenvalue weighted by Gasteiger charge is 2.54. The Labute approximate surface area is 161 Å². The average Bonchev–Trinajstić information content (AvgIpc) is 2.66. The van der Waals surface area contributed by atoms with E-state index in [9.17, 15) is 19.0 Å². The van der Waals surface area contributed by atoms with Crippen molar-refractivity contribution >= 4 is 11.6 Å². The van der Waals surface area contributed by atoms with Gasteiger partial charge in [0.2, 0.25) is 0 Å². The Bertz CT molecular complexity index is 842. The molecule has 2 aromatic rings. The quantitative estimate of drug-likeness (QED) is 0.830. The highest BCUT2D eigenvalue weighted by molar-refractivity contribution is 6.30. The molecule has 2 aromatic carbocycles. The van der Waals surface area contributed by atoms with Gasteiger partial charge in [0.1, 0.15) is 5.82 Å². The van der Waals surface area contributed by atoms with Gasteiger partial charge in [0.05, 0.1) is 12.7 Å². The fourth-order valence-corrected chi connectivity index (χ4v) is 5.04. The van der Waals surface area contributed by atoms with Gasteiger partial charge in [-0.05, 0) is 49.1 Å². The maximum Gasteiger partial charge on any atom is 0.165 e. The van der Waals surface area contributed by atoms with Crippen LogP contribution >= 0.6 is 11.6 Å². The molecule has 4 atom stereocenters. The van der Waals surface area contributed by atoms with Crippen molar-refractivity contribution in [1.82, 2.24) is 0 Å². The van der Waals surface area contributed by atoms with Crippen molar-refractivity contribution < 1.29 is 23.7 Å². The lowest BCUT2D eigenvalue weighted by Crippen LogP contribution is -2.55. The van der Waals surface area contributed by atoms with Gasteiger partial charge < -0.3 is 14.9 Å². The topological polar surface area (TPSA) is 49.7 Å². The van der Waals surface area contributed by atoms with E-state index in [2.05, 4.69) is 0 Å². The van der Waals surface area contributed by atoms with E-state index in [0.29, 0.717) is 24.3 Å². The van der Waals surface area contributed by atoms with Crippen LogP contribution in [0.4, 0.5) is 8.78 Å². The first-order valence-electron chi connectivity index (χ1n) is 9.11. The molecule has 1 aliphatic carbocycles. The van der Waals surface area contributed by atoms with Crippen LogP contribution in [0.25, 0.3) is 0 Å². The van der Waals surface area contributed by atoms with E-state index in [1.165, 1.54) is 0 Å². The zero-order chi connectivity index (χ0) is 19.2. The lowest BCUT2D eigenvalue weighted by Gasteiger charge is -2.52. The number of fused-ring (bicyclic) bond motifs is 3. The summed E-state index contributed by atoms with van der Waals surface area (Å²) in [5.74, 6) is -1.94. The molecule has 1 fully saturated rings. The molecule has 27 heavy (non-hydrogen) atoms. The Hall–Kier alpha value is -1.69. The molecule has 0 radical (unpaired) electrons. The van der Waals surface area contributed by atoms with E-state index < -0.39 is 29.1 Å². The van der Waals surface area contributed by atoms with Gasteiger partial charge in [-0.3, -0.25) is 0 Å². The molecule has 1 heterocycles. The Balaban J connectivity index is 1.89. The van der Waals surface area contributed by atoms with Crippen molar-refractivity contribution in [1.29, 1.82) is 0 Å². The molecule has 0 unspecified atom stereocenters.